The van der Waals surface area contributed by atoms with E-state index in [1.54, 1.807) is 7.11 Å². The van der Waals surface area contributed by atoms with E-state index in [1.165, 1.54) is 6.42 Å². The molecule has 3 rings (SSSR count). The fraction of sp³-hybridized carbons (Fsp3) is 0.611. The number of benzene rings is 1. The summed E-state index contributed by atoms with van der Waals surface area (Å²) >= 11 is 0. The number of ether oxygens (including phenoxy) is 2. The Balaban J connectivity index is 0.00000208. The number of methoxy groups -OCH3 is 1. The van der Waals surface area contributed by atoms with Crippen LogP contribution in [0.5, 0.6) is 11.5 Å². The quantitative estimate of drug-likeness (QED) is 0.823. The standard InChI is InChI=1S/C18H26N2O3.ClH/c1-3-23-14-7-4-11(8-15(14)22-2)10-20-18(21)16-12-5-6-13(9-12)17(16)19;/h4,7-8,12-13,16-17H,3,5-6,9-10,19H2,1-2H3,(H,20,21);1H. The third kappa shape index (κ3) is 3.62. The minimum absolute atomic E-state index is 0. The molecule has 1 amide bonds. The molecule has 0 aromatic heterocycles. The first kappa shape index (κ1) is 18.9. The molecule has 134 valence electrons. The number of nitrogens with two attached hydrogens (primary N) is 1. The summed E-state index contributed by atoms with van der Waals surface area (Å²) in [6, 6.07) is 5.77. The van der Waals surface area contributed by atoms with Crippen molar-refractivity contribution in [2.45, 2.75) is 38.8 Å². The number of fused-ring (bicyclic) bond motifs is 2. The van der Waals surface area contributed by atoms with Gasteiger partial charge in [0.25, 0.3) is 0 Å². The van der Waals surface area contributed by atoms with Crippen LogP contribution in [-0.2, 0) is 11.3 Å². The number of rotatable bonds is 6. The third-order valence-electron chi connectivity index (χ3n) is 5.28. The first-order valence-electron chi connectivity index (χ1n) is 8.47. The third-order valence-corrected chi connectivity index (χ3v) is 5.28. The van der Waals surface area contributed by atoms with Crippen LogP contribution in [0.1, 0.15) is 31.7 Å². The molecule has 2 fully saturated rings. The van der Waals surface area contributed by atoms with Crippen LogP contribution >= 0.6 is 12.4 Å². The van der Waals surface area contributed by atoms with Crippen molar-refractivity contribution in [3.8, 4) is 11.5 Å². The van der Waals surface area contributed by atoms with Crippen LogP contribution in [0.15, 0.2) is 18.2 Å². The van der Waals surface area contributed by atoms with E-state index in [0.717, 1.165) is 24.2 Å². The number of nitrogens with one attached hydrogen (secondary N) is 1. The summed E-state index contributed by atoms with van der Waals surface area (Å²) in [6.45, 7) is 3.02. The lowest BCUT2D eigenvalue weighted by Crippen LogP contribution is -2.45. The molecule has 24 heavy (non-hydrogen) atoms. The number of carbonyl (C=O) groups excluding carboxylic acids is 1. The minimum atomic E-state index is -0.0154. The summed E-state index contributed by atoms with van der Waals surface area (Å²) in [5, 5.41) is 3.04. The molecule has 2 aliphatic carbocycles. The van der Waals surface area contributed by atoms with E-state index in [9.17, 15) is 4.79 Å². The first-order valence-corrected chi connectivity index (χ1v) is 8.47. The van der Waals surface area contributed by atoms with Crippen molar-refractivity contribution in [3.63, 3.8) is 0 Å². The van der Waals surface area contributed by atoms with Gasteiger partial charge < -0.3 is 20.5 Å². The van der Waals surface area contributed by atoms with Gasteiger partial charge in [0, 0.05) is 12.6 Å². The van der Waals surface area contributed by atoms with Gasteiger partial charge in [-0.15, -0.1) is 12.4 Å². The zero-order valence-electron chi connectivity index (χ0n) is 14.3. The van der Waals surface area contributed by atoms with Crippen molar-refractivity contribution in [1.82, 2.24) is 5.32 Å². The van der Waals surface area contributed by atoms with E-state index < -0.39 is 0 Å². The van der Waals surface area contributed by atoms with Crippen molar-refractivity contribution in [2.75, 3.05) is 13.7 Å². The van der Waals surface area contributed by atoms with Crippen molar-refractivity contribution in [3.05, 3.63) is 23.8 Å². The SMILES string of the molecule is CCOc1ccc(CNC(=O)C2C3CCC(C3)C2N)cc1OC.Cl. The maximum absolute atomic E-state index is 12.5. The van der Waals surface area contributed by atoms with Gasteiger partial charge in [-0.1, -0.05) is 6.07 Å². The highest BCUT2D eigenvalue weighted by Gasteiger charge is 2.48. The maximum atomic E-state index is 12.5. The maximum Gasteiger partial charge on any atom is 0.225 e. The normalized spacial score (nSPS) is 27.5. The Kier molecular flexibility index (Phi) is 6.35. The van der Waals surface area contributed by atoms with Crippen LogP contribution in [0, 0.1) is 17.8 Å². The summed E-state index contributed by atoms with van der Waals surface area (Å²) in [7, 11) is 1.62. The van der Waals surface area contributed by atoms with Crippen molar-refractivity contribution >= 4 is 18.3 Å². The molecular formula is C18H27ClN2O3. The molecule has 0 heterocycles. The fourth-order valence-electron chi connectivity index (χ4n) is 4.13. The highest BCUT2D eigenvalue weighted by molar-refractivity contribution is 5.85. The van der Waals surface area contributed by atoms with Crippen LogP contribution in [0.4, 0.5) is 0 Å². The Morgan fingerprint density at radius 2 is 2.04 bits per heavy atom. The number of carbonyl (C=O) groups is 1. The van der Waals surface area contributed by atoms with Crippen LogP contribution in [0.3, 0.4) is 0 Å². The molecule has 2 saturated carbocycles. The lowest BCUT2D eigenvalue weighted by molar-refractivity contribution is -0.127. The van der Waals surface area contributed by atoms with Crippen LogP contribution in [0.25, 0.3) is 0 Å². The average Bonchev–Trinajstić information content (AvgIpc) is 3.15. The number of hydrogen-bond acceptors (Lipinski definition) is 4. The monoisotopic (exact) mass is 354 g/mol. The molecule has 2 aliphatic rings. The number of halogens is 1. The minimum Gasteiger partial charge on any atom is -0.493 e. The molecular weight excluding hydrogens is 328 g/mol. The Morgan fingerprint density at radius 3 is 2.67 bits per heavy atom. The van der Waals surface area contributed by atoms with Crippen LogP contribution in [0.2, 0.25) is 0 Å². The zero-order chi connectivity index (χ0) is 16.4. The van der Waals surface area contributed by atoms with Gasteiger partial charge in [-0.3, -0.25) is 4.79 Å². The molecule has 1 aromatic carbocycles. The summed E-state index contributed by atoms with van der Waals surface area (Å²) < 4.78 is 10.9. The Bertz CT molecular complexity index is 579. The summed E-state index contributed by atoms with van der Waals surface area (Å²) in [5.74, 6) is 2.51. The van der Waals surface area contributed by atoms with Gasteiger partial charge in [0.05, 0.1) is 19.6 Å². The molecule has 0 aliphatic heterocycles. The molecule has 4 atom stereocenters. The van der Waals surface area contributed by atoms with E-state index in [4.69, 9.17) is 15.2 Å². The van der Waals surface area contributed by atoms with Crippen molar-refractivity contribution < 1.29 is 14.3 Å². The predicted octanol–water partition coefficient (Wildman–Crippen LogP) is 2.51. The largest absolute Gasteiger partial charge is 0.493 e. The first-order chi connectivity index (χ1) is 11.1. The summed E-state index contributed by atoms with van der Waals surface area (Å²) in [5.41, 5.74) is 7.23. The predicted molar refractivity (Wildman–Crippen MR) is 95.6 cm³/mol. The fourth-order valence-corrected chi connectivity index (χ4v) is 4.13. The zero-order valence-corrected chi connectivity index (χ0v) is 15.1. The number of hydrogen-bond donors (Lipinski definition) is 2. The molecule has 0 saturated heterocycles. The second kappa shape index (κ2) is 8.08. The van der Waals surface area contributed by atoms with E-state index >= 15 is 0 Å². The van der Waals surface area contributed by atoms with Gasteiger partial charge in [-0.25, -0.2) is 0 Å². The molecule has 1 aromatic rings. The highest BCUT2D eigenvalue weighted by Crippen LogP contribution is 2.47. The lowest BCUT2D eigenvalue weighted by atomic mass is 9.84. The van der Waals surface area contributed by atoms with Crippen molar-refractivity contribution in [1.29, 1.82) is 0 Å². The van der Waals surface area contributed by atoms with Crippen LogP contribution < -0.4 is 20.5 Å². The van der Waals surface area contributed by atoms with E-state index in [2.05, 4.69) is 5.32 Å². The Morgan fingerprint density at radius 1 is 1.29 bits per heavy atom. The molecule has 5 nitrogen and oxygen atoms in total. The van der Waals surface area contributed by atoms with E-state index in [1.807, 2.05) is 25.1 Å². The van der Waals surface area contributed by atoms with Gasteiger partial charge in [-0.05, 0) is 55.7 Å². The topological polar surface area (TPSA) is 73.6 Å². The molecule has 0 radical (unpaired) electrons. The lowest BCUT2D eigenvalue weighted by Gasteiger charge is -2.27. The highest BCUT2D eigenvalue weighted by atomic mass is 35.5. The van der Waals surface area contributed by atoms with Gasteiger partial charge in [0.1, 0.15) is 0 Å². The average molecular weight is 355 g/mol. The van der Waals surface area contributed by atoms with Crippen LogP contribution in [-0.4, -0.2) is 25.7 Å². The van der Waals surface area contributed by atoms with E-state index in [0.29, 0.717) is 30.7 Å². The molecule has 3 N–H and O–H groups in total. The summed E-state index contributed by atoms with van der Waals surface area (Å²) in [4.78, 5) is 12.5. The van der Waals surface area contributed by atoms with Crippen molar-refractivity contribution in [2.24, 2.45) is 23.5 Å². The van der Waals surface area contributed by atoms with E-state index in [-0.39, 0.29) is 30.3 Å². The Labute approximate surface area is 149 Å². The summed E-state index contributed by atoms with van der Waals surface area (Å²) in [6.07, 6.45) is 3.45. The molecule has 2 bridgehead atoms. The smallest absolute Gasteiger partial charge is 0.225 e. The second-order valence-corrected chi connectivity index (χ2v) is 6.57. The number of amides is 1. The van der Waals surface area contributed by atoms with Gasteiger partial charge >= 0.3 is 0 Å². The second-order valence-electron chi connectivity index (χ2n) is 6.57. The molecule has 0 spiro atoms. The Hall–Kier alpha value is -1.46. The van der Waals surface area contributed by atoms with Gasteiger partial charge in [-0.2, -0.15) is 0 Å². The van der Waals surface area contributed by atoms with Gasteiger partial charge in [0.2, 0.25) is 5.91 Å². The molecule has 6 heteroatoms. The molecule has 4 unspecified atom stereocenters. The van der Waals surface area contributed by atoms with Gasteiger partial charge in [0.15, 0.2) is 11.5 Å².